The van der Waals surface area contributed by atoms with Gasteiger partial charge in [-0.3, -0.25) is 0 Å². The van der Waals surface area contributed by atoms with E-state index in [0.29, 0.717) is 21.3 Å². The van der Waals surface area contributed by atoms with Gasteiger partial charge in [-0.1, -0.05) is 83.1 Å². The summed E-state index contributed by atoms with van der Waals surface area (Å²) in [5.41, 5.74) is 1.68. The van der Waals surface area contributed by atoms with Gasteiger partial charge >= 0.3 is 12.7 Å². The second kappa shape index (κ2) is 15.2. The third-order valence-corrected chi connectivity index (χ3v) is 33.0. The molecular weight excluding hydrogens is 667 g/mol. The Kier molecular flexibility index (Phi) is 13.4. The van der Waals surface area contributed by atoms with Gasteiger partial charge in [0.1, 0.15) is 37.4 Å². The van der Waals surface area contributed by atoms with E-state index in [2.05, 4.69) is 92.6 Å². The van der Waals surface area contributed by atoms with Crippen LogP contribution in [0.4, 0.5) is 26.3 Å². The number of alkyl halides is 6. The number of hydrogen-bond acceptors (Lipinski definition) is 5. The number of halogens is 6. The highest BCUT2D eigenvalue weighted by molar-refractivity contribution is 8.29. The Morgan fingerprint density at radius 3 is 0.978 bits per heavy atom. The van der Waals surface area contributed by atoms with Crippen molar-refractivity contribution in [3.8, 4) is 23.0 Å². The summed E-state index contributed by atoms with van der Waals surface area (Å²) >= 11 is 3.17. The van der Waals surface area contributed by atoms with E-state index in [0.717, 1.165) is 0 Å². The van der Waals surface area contributed by atoms with Gasteiger partial charge in [0.2, 0.25) is 0 Å². The Bertz CT molecular complexity index is 1130. The van der Waals surface area contributed by atoms with E-state index in [1.54, 1.807) is 22.4 Å². The van der Waals surface area contributed by atoms with Gasteiger partial charge in [0.05, 0.1) is 0 Å². The topological polar surface area (TPSA) is 27.7 Å². The molecule has 0 aliphatic rings. The van der Waals surface area contributed by atoms with Crippen LogP contribution in [0.5, 0.6) is 23.0 Å². The highest BCUT2D eigenvalue weighted by Crippen LogP contribution is 2.57. The second-order valence-corrected chi connectivity index (χ2v) is 30.4. The molecule has 0 unspecified atom stereocenters. The zero-order chi connectivity index (χ0) is 34.7. The molecule has 0 heterocycles. The molecule has 0 aliphatic carbocycles. The maximum Gasteiger partial charge on any atom is 0.573 e. The van der Waals surface area contributed by atoms with Crippen LogP contribution in [-0.2, 0) is 0 Å². The number of hydrogen-bond donors (Lipinski definition) is 0. The zero-order valence-corrected chi connectivity index (χ0v) is 31.9. The van der Waals surface area contributed by atoms with Gasteiger partial charge in [-0.2, -0.15) is 0 Å². The van der Waals surface area contributed by atoms with Gasteiger partial charge < -0.3 is 14.2 Å². The summed E-state index contributed by atoms with van der Waals surface area (Å²) in [6.45, 7) is 25.8. The lowest BCUT2D eigenvalue weighted by Gasteiger charge is -2.43. The van der Waals surface area contributed by atoms with Crippen molar-refractivity contribution in [2.75, 3.05) is 0 Å². The Hall–Kier alpha value is -1.45. The van der Waals surface area contributed by atoms with Crippen molar-refractivity contribution in [1.29, 1.82) is 0 Å². The van der Waals surface area contributed by atoms with Gasteiger partial charge in [0.15, 0.2) is 0 Å². The van der Waals surface area contributed by atoms with E-state index in [1.165, 1.54) is 36.4 Å². The Balaban J connectivity index is 2.82. The summed E-state index contributed by atoms with van der Waals surface area (Å²) in [6.07, 6.45) is -9.74. The predicted molar refractivity (Wildman–Crippen MR) is 180 cm³/mol. The van der Waals surface area contributed by atoms with Gasteiger partial charge in [-0.15, -0.1) is 48.8 Å². The second-order valence-electron chi connectivity index (χ2n) is 13.3. The molecule has 45 heavy (non-hydrogen) atoms. The molecule has 256 valence electrons. The normalized spacial score (nSPS) is 13.6. The van der Waals surface area contributed by atoms with E-state index >= 15 is 0 Å². The molecule has 2 aromatic rings. The lowest BCUT2D eigenvalue weighted by atomic mass is 10.3. The van der Waals surface area contributed by atoms with Crippen LogP contribution in [0.1, 0.15) is 83.1 Å². The minimum atomic E-state index is -4.87. The summed E-state index contributed by atoms with van der Waals surface area (Å²) < 4.78 is 94.7. The van der Waals surface area contributed by atoms with E-state index in [9.17, 15) is 26.3 Å². The summed E-state index contributed by atoms with van der Waals surface area (Å²) in [5, 5.41) is 0. The largest absolute Gasteiger partial charge is 0.573 e. The van der Waals surface area contributed by atoms with E-state index in [-0.39, 0.29) is 44.7 Å². The predicted octanol–water partition coefficient (Wildman–Crippen LogP) is 13.8. The molecule has 0 saturated carbocycles. The molecule has 3 nitrogen and oxygen atoms in total. The molecule has 13 heteroatoms. The first-order valence-electron chi connectivity index (χ1n) is 15.3. The van der Waals surface area contributed by atoms with Gasteiger partial charge in [0, 0.05) is 9.79 Å². The zero-order valence-electron chi connectivity index (χ0n) is 28.2. The lowest BCUT2D eigenvalue weighted by molar-refractivity contribution is -0.275. The van der Waals surface area contributed by atoms with Gasteiger partial charge in [-0.05, 0) is 69.6 Å². The molecule has 0 bridgehead atoms. The first-order valence-corrected chi connectivity index (χ1v) is 22.9. The SMILES string of the molecule is CC(C)[Si](Sc1cc(OC(F)(F)F)ccc1Oc1ccc(OC(F)(F)F)cc1S[Si](C(C)C)(C(C)C)C(C)C)(C(C)C)C(C)C. The lowest BCUT2D eigenvalue weighted by Crippen LogP contribution is -2.41. The first kappa shape index (κ1) is 39.7. The highest BCUT2D eigenvalue weighted by Gasteiger charge is 2.46. The highest BCUT2D eigenvalue weighted by atomic mass is 32.4. The molecule has 0 spiro atoms. The van der Waals surface area contributed by atoms with Crippen molar-refractivity contribution in [3.05, 3.63) is 36.4 Å². The number of rotatable bonds is 14. The Morgan fingerprint density at radius 1 is 0.489 bits per heavy atom. The molecule has 0 fully saturated rings. The van der Waals surface area contributed by atoms with Crippen LogP contribution in [0.15, 0.2) is 46.2 Å². The van der Waals surface area contributed by atoms with Crippen LogP contribution in [0, 0.1) is 0 Å². The van der Waals surface area contributed by atoms with Gasteiger partial charge in [0.25, 0.3) is 0 Å². The van der Waals surface area contributed by atoms with Crippen LogP contribution in [0.2, 0.25) is 33.2 Å². The van der Waals surface area contributed by atoms with Crippen LogP contribution >= 0.6 is 22.4 Å². The smallest absolute Gasteiger partial charge is 0.455 e. The average molecular weight is 715 g/mol. The quantitative estimate of drug-likeness (QED) is 0.143. The fraction of sp³-hybridized carbons (Fsp3) is 0.625. The number of ether oxygens (including phenoxy) is 3. The van der Waals surface area contributed by atoms with Crippen LogP contribution in [0.3, 0.4) is 0 Å². The molecule has 0 saturated heterocycles. The summed E-state index contributed by atoms with van der Waals surface area (Å²) in [7, 11) is -4.55. The number of benzene rings is 2. The Morgan fingerprint density at radius 2 is 0.756 bits per heavy atom. The standard InChI is InChI=1S/C32H48F6O3S2Si2/c1-19(2)44(20(3)4,21(5)6)42-29-17-25(40-31(33,34)35)13-15-27(29)39-28-16-14-26(41-32(36,37)38)18-30(28)43-45(22(7)8,23(9)10)24(11)12/h13-24H,1-12H3. The summed E-state index contributed by atoms with van der Waals surface area (Å²) in [6, 6.07) is 8.06. The molecule has 0 aliphatic heterocycles. The van der Waals surface area contributed by atoms with Crippen molar-refractivity contribution in [2.45, 2.75) is 139 Å². The van der Waals surface area contributed by atoms with Crippen molar-refractivity contribution in [2.24, 2.45) is 0 Å². The van der Waals surface area contributed by atoms with Crippen molar-refractivity contribution >= 4 is 36.9 Å². The fourth-order valence-electron chi connectivity index (χ4n) is 6.91. The minimum absolute atomic E-state index is 0.280. The average Bonchev–Trinajstić information content (AvgIpc) is 2.85. The maximum atomic E-state index is 13.3. The molecule has 0 N–H and O–H groups in total. The molecule has 0 atom stereocenters. The third kappa shape index (κ3) is 9.79. The molecule has 0 amide bonds. The molecule has 2 aromatic carbocycles. The van der Waals surface area contributed by atoms with Crippen LogP contribution < -0.4 is 14.2 Å². The molecule has 2 rings (SSSR count). The van der Waals surface area contributed by atoms with Crippen molar-refractivity contribution in [3.63, 3.8) is 0 Å². The van der Waals surface area contributed by atoms with E-state index in [4.69, 9.17) is 4.74 Å². The third-order valence-electron chi connectivity index (χ3n) is 8.51. The van der Waals surface area contributed by atoms with Crippen LogP contribution in [-0.4, -0.2) is 27.2 Å². The summed E-state index contributed by atoms with van der Waals surface area (Å²) in [5.74, 6) is -0.0621. The van der Waals surface area contributed by atoms with E-state index in [1.807, 2.05) is 0 Å². The first-order chi connectivity index (χ1) is 20.5. The maximum absolute atomic E-state index is 13.3. The van der Waals surface area contributed by atoms with Crippen molar-refractivity contribution in [1.82, 2.24) is 0 Å². The van der Waals surface area contributed by atoms with Crippen LogP contribution in [0.25, 0.3) is 0 Å². The monoisotopic (exact) mass is 714 g/mol. The minimum Gasteiger partial charge on any atom is -0.455 e. The molecular formula is C32H48F6O3S2Si2. The molecule has 0 aromatic heterocycles. The van der Waals surface area contributed by atoms with Crippen molar-refractivity contribution < 1.29 is 40.6 Å². The van der Waals surface area contributed by atoms with E-state index < -0.39 is 27.2 Å². The fourth-order valence-corrected chi connectivity index (χ4v) is 25.3. The van der Waals surface area contributed by atoms with Gasteiger partial charge in [-0.25, -0.2) is 0 Å². The molecule has 0 radical (unpaired) electrons. The Labute approximate surface area is 274 Å². The summed E-state index contributed by atoms with van der Waals surface area (Å²) in [4.78, 5) is 1.01.